The van der Waals surface area contributed by atoms with Crippen molar-refractivity contribution in [3.05, 3.63) is 70.9 Å². The van der Waals surface area contributed by atoms with Gasteiger partial charge in [-0.2, -0.15) is 41.3 Å². The Kier molecular flexibility index (Phi) is 5.31. The number of alkyl halides is 6. The van der Waals surface area contributed by atoms with Crippen LogP contribution >= 0.6 is 0 Å². The number of anilines is 2. The zero-order valence-corrected chi connectivity index (χ0v) is 15.9. The SMILES string of the molecule is O=c1occn1-c1nc(Nc2ccnc(C(F)(F)F)c2)nc(-c2cccc(C(F)(F)F)n2)n1. The second kappa shape index (κ2) is 7.99. The van der Waals surface area contributed by atoms with Crippen molar-refractivity contribution in [1.82, 2.24) is 29.5 Å². The number of nitrogens with zero attached hydrogens (tertiary/aromatic N) is 6. The second-order valence-electron chi connectivity index (χ2n) is 6.28. The molecule has 9 nitrogen and oxygen atoms in total. The van der Waals surface area contributed by atoms with Crippen LogP contribution in [-0.4, -0.2) is 29.5 Å². The zero-order chi connectivity index (χ0) is 23.8. The molecule has 33 heavy (non-hydrogen) atoms. The van der Waals surface area contributed by atoms with Crippen molar-refractivity contribution in [1.29, 1.82) is 0 Å². The fourth-order valence-corrected chi connectivity index (χ4v) is 2.57. The van der Waals surface area contributed by atoms with Gasteiger partial charge < -0.3 is 9.73 Å². The van der Waals surface area contributed by atoms with Crippen molar-refractivity contribution >= 4 is 11.6 Å². The van der Waals surface area contributed by atoms with Crippen LogP contribution in [0.3, 0.4) is 0 Å². The Morgan fingerprint density at radius 2 is 1.67 bits per heavy atom. The lowest BCUT2D eigenvalue weighted by Crippen LogP contribution is -2.17. The van der Waals surface area contributed by atoms with Gasteiger partial charge in [0, 0.05) is 11.9 Å². The van der Waals surface area contributed by atoms with Crippen molar-refractivity contribution < 1.29 is 30.8 Å². The van der Waals surface area contributed by atoms with Gasteiger partial charge in [-0.1, -0.05) is 6.07 Å². The first kappa shape index (κ1) is 21.9. The number of rotatable bonds is 4. The number of nitrogens with one attached hydrogen (secondary N) is 1. The molecule has 0 saturated carbocycles. The molecular formula is C18H9F6N7O2. The van der Waals surface area contributed by atoms with Crippen LogP contribution in [0, 0.1) is 0 Å². The van der Waals surface area contributed by atoms with Crippen LogP contribution in [-0.2, 0) is 12.4 Å². The topological polar surface area (TPSA) is 112 Å². The van der Waals surface area contributed by atoms with Gasteiger partial charge in [-0.25, -0.2) is 14.3 Å². The Labute approximate surface area is 178 Å². The fraction of sp³-hybridized carbons (Fsp3) is 0.111. The second-order valence-corrected chi connectivity index (χ2v) is 6.28. The molecule has 170 valence electrons. The number of hydrogen-bond acceptors (Lipinski definition) is 8. The molecule has 0 aliphatic rings. The van der Waals surface area contributed by atoms with Crippen LogP contribution in [0.5, 0.6) is 0 Å². The first-order chi connectivity index (χ1) is 15.5. The minimum Gasteiger partial charge on any atom is -0.416 e. The van der Waals surface area contributed by atoms with Crippen LogP contribution < -0.4 is 11.1 Å². The van der Waals surface area contributed by atoms with Gasteiger partial charge in [0.25, 0.3) is 0 Å². The Morgan fingerprint density at radius 1 is 0.909 bits per heavy atom. The zero-order valence-electron chi connectivity index (χ0n) is 15.9. The Morgan fingerprint density at radius 3 is 2.33 bits per heavy atom. The first-order valence-electron chi connectivity index (χ1n) is 8.78. The van der Waals surface area contributed by atoms with Crippen molar-refractivity contribution in [2.75, 3.05) is 5.32 Å². The predicted molar refractivity (Wildman–Crippen MR) is 98.4 cm³/mol. The molecule has 1 N–H and O–H groups in total. The van der Waals surface area contributed by atoms with E-state index in [-0.39, 0.29) is 29.1 Å². The predicted octanol–water partition coefficient (Wildman–Crippen LogP) is 3.85. The highest BCUT2D eigenvalue weighted by molar-refractivity contribution is 5.58. The molecular weight excluding hydrogens is 460 g/mol. The Hall–Kier alpha value is -4.30. The smallest absolute Gasteiger partial charge is 0.416 e. The molecule has 0 atom stereocenters. The molecule has 0 aromatic carbocycles. The van der Waals surface area contributed by atoms with E-state index < -0.39 is 29.5 Å². The summed E-state index contributed by atoms with van der Waals surface area (Å²) < 4.78 is 83.4. The van der Waals surface area contributed by atoms with Gasteiger partial charge in [0.1, 0.15) is 23.3 Å². The van der Waals surface area contributed by atoms with E-state index in [1.165, 1.54) is 12.1 Å². The Bertz CT molecular complexity index is 1360. The van der Waals surface area contributed by atoms with E-state index >= 15 is 0 Å². The highest BCUT2D eigenvalue weighted by Gasteiger charge is 2.33. The Balaban J connectivity index is 1.82. The van der Waals surface area contributed by atoms with Crippen LogP contribution in [0.4, 0.5) is 38.0 Å². The minimum absolute atomic E-state index is 0.128. The van der Waals surface area contributed by atoms with Crippen LogP contribution in [0.25, 0.3) is 17.5 Å². The summed E-state index contributed by atoms with van der Waals surface area (Å²) in [4.78, 5) is 30.4. The number of oxazole rings is 1. The lowest BCUT2D eigenvalue weighted by Gasteiger charge is -2.11. The lowest BCUT2D eigenvalue weighted by molar-refractivity contribution is -0.141. The minimum atomic E-state index is -4.75. The van der Waals surface area contributed by atoms with E-state index in [4.69, 9.17) is 0 Å². The largest absolute Gasteiger partial charge is 0.433 e. The molecule has 0 spiro atoms. The van der Waals surface area contributed by atoms with Gasteiger partial charge in [0.15, 0.2) is 5.82 Å². The van der Waals surface area contributed by atoms with Gasteiger partial charge in [-0.3, -0.25) is 4.98 Å². The maximum absolute atomic E-state index is 13.1. The average molecular weight is 469 g/mol. The molecule has 4 heterocycles. The van der Waals surface area contributed by atoms with E-state index in [0.29, 0.717) is 6.07 Å². The van der Waals surface area contributed by atoms with Gasteiger partial charge in [-0.15, -0.1) is 0 Å². The summed E-state index contributed by atoms with van der Waals surface area (Å²) in [5.41, 5.74) is -2.87. The fourth-order valence-electron chi connectivity index (χ4n) is 2.57. The molecule has 0 unspecified atom stereocenters. The van der Waals surface area contributed by atoms with Crippen molar-refractivity contribution in [3.63, 3.8) is 0 Å². The maximum atomic E-state index is 13.1. The van der Waals surface area contributed by atoms with E-state index in [1.807, 2.05) is 0 Å². The molecule has 4 aromatic rings. The van der Waals surface area contributed by atoms with Crippen LogP contribution in [0.2, 0.25) is 0 Å². The van der Waals surface area contributed by atoms with Crippen LogP contribution in [0.15, 0.2) is 58.2 Å². The molecule has 0 aliphatic heterocycles. The third kappa shape index (κ3) is 4.81. The number of halogens is 6. The number of aromatic nitrogens is 6. The number of pyridine rings is 2. The average Bonchev–Trinajstić information content (AvgIpc) is 3.18. The third-order valence-corrected chi connectivity index (χ3v) is 3.99. The summed E-state index contributed by atoms with van der Waals surface area (Å²) in [5, 5.41) is 2.50. The summed E-state index contributed by atoms with van der Waals surface area (Å²) in [5.74, 6) is -2.04. The molecule has 15 heteroatoms. The molecule has 0 aliphatic carbocycles. The summed E-state index contributed by atoms with van der Waals surface area (Å²) in [6.45, 7) is 0. The molecule has 0 bridgehead atoms. The third-order valence-electron chi connectivity index (χ3n) is 3.99. The molecule has 0 fully saturated rings. The summed E-state index contributed by atoms with van der Waals surface area (Å²) in [6, 6.07) is 4.86. The van der Waals surface area contributed by atoms with E-state index in [2.05, 4.69) is 34.7 Å². The standard InChI is InChI=1S/C18H9F6N7O2/c19-17(20,21)11-3-1-2-10(27-11)13-28-14(30-15(29-13)31-6-7-33-16(31)32)26-9-4-5-25-12(8-9)18(22,23)24/h1-8H,(H,25,26,28,29,30). The van der Waals surface area contributed by atoms with E-state index in [1.54, 1.807) is 0 Å². The molecule has 0 saturated heterocycles. The van der Waals surface area contributed by atoms with Gasteiger partial charge in [-0.05, 0) is 24.3 Å². The lowest BCUT2D eigenvalue weighted by atomic mass is 10.3. The summed E-state index contributed by atoms with van der Waals surface area (Å²) in [7, 11) is 0. The molecule has 0 amide bonds. The summed E-state index contributed by atoms with van der Waals surface area (Å²) >= 11 is 0. The van der Waals surface area contributed by atoms with Gasteiger partial charge in [0.05, 0.1) is 6.20 Å². The first-order valence-corrected chi connectivity index (χ1v) is 8.78. The maximum Gasteiger partial charge on any atom is 0.433 e. The van der Waals surface area contributed by atoms with Gasteiger partial charge in [0.2, 0.25) is 11.9 Å². The number of hydrogen-bond donors (Lipinski definition) is 1. The molecule has 4 rings (SSSR count). The molecule has 0 radical (unpaired) electrons. The van der Waals surface area contributed by atoms with Crippen LogP contribution in [0.1, 0.15) is 11.4 Å². The molecule has 4 aromatic heterocycles. The van der Waals surface area contributed by atoms with E-state index in [9.17, 15) is 31.1 Å². The normalized spacial score (nSPS) is 12.1. The summed E-state index contributed by atoms with van der Waals surface area (Å²) in [6.07, 6.45) is -6.43. The quantitative estimate of drug-likeness (QED) is 0.449. The highest BCUT2D eigenvalue weighted by Crippen LogP contribution is 2.30. The van der Waals surface area contributed by atoms with E-state index in [0.717, 1.165) is 35.4 Å². The van der Waals surface area contributed by atoms with Gasteiger partial charge >= 0.3 is 18.1 Å². The van der Waals surface area contributed by atoms with Crippen molar-refractivity contribution in [3.8, 4) is 17.5 Å². The van der Waals surface area contributed by atoms with Crippen molar-refractivity contribution in [2.45, 2.75) is 12.4 Å². The van der Waals surface area contributed by atoms with Crippen molar-refractivity contribution in [2.24, 2.45) is 0 Å². The highest BCUT2D eigenvalue weighted by atomic mass is 19.4. The monoisotopic (exact) mass is 469 g/mol.